The standard InChI is InChI=1S/C14H29NSSi/c1-5-6-9-12-15-13-10-7-8-11-14(13)16-17(2,3)4/h14H,5-12H2,1-4H3/b15-13+. The van der Waals surface area contributed by atoms with Crippen molar-refractivity contribution in [3.63, 3.8) is 0 Å². The van der Waals surface area contributed by atoms with Crippen LogP contribution in [-0.2, 0) is 0 Å². The lowest BCUT2D eigenvalue weighted by atomic mass is 9.98. The number of rotatable bonds is 6. The topological polar surface area (TPSA) is 12.4 Å². The second kappa shape index (κ2) is 7.62. The molecule has 0 aromatic rings. The van der Waals surface area contributed by atoms with Crippen molar-refractivity contribution in [2.75, 3.05) is 6.54 Å². The molecule has 0 amide bonds. The maximum absolute atomic E-state index is 4.90. The molecule has 0 aromatic carbocycles. The minimum Gasteiger partial charge on any atom is -0.293 e. The quantitative estimate of drug-likeness (QED) is 0.482. The Morgan fingerprint density at radius 2 is 2.00 bits per heavy atom. The van der Waals surface area contributed by atoms with Gasteiger partial charge in [-0.25, -0.2) is 0 Å². The van der Waals surface area contributed by atoms with E-state index < -0.39 is 7.22 Å². The fourth-order valence-electron chi connectivity index (χ4n) is 2.28. The van der Waals surface area contributed by atoms with Crippen molar-refractivity contribution in [3.8, 4) is 0 Å². The lowest BCUT2D eigenvalue weighted by Gasteiger charge is -2.29. The second-order valence-electron chi connectivity index (χ2n) is 6.04. The lowest BCUT2D eigenvalue weighted by Crippen LogP contribution is -2.29. The molecule has 0 bridgehead atoms. The highest BCUT2D eigenvalue weighted by Gasteiger charge is 2.26. The predicted octanol–water partition coefficient (Wildman–Crippen LogP) is 5.13. The zero-order valence-electron chi connectivity index (χ0n) is 12.1. The summed E-state index contributed by atoms with van der Waals surface area (Å²) in [5.74, 6) is 0. The fraction of sp³-hybridized carbons (Fsp3) is 0.929. The Hall–Kier alpha value is 0.237. The number of nitrogens with zero attached hydrogens (tertiary/aromatic N) is 1. The minimum atomic E-state index is -1.00. The Morgan fingerprint density at radius 3 is 2.65 bits per heavy atom. The van der Waals surface area contributed by atoms with Crippen LogP contribution in [0.4, 0.5) is 0 Å². The Morgan fingerprint density at radius 1 is 1.24 bits per heavy atom. The van der Waals surface area contributed by atoms with E-state index in [-0.39, 0.29) is 0 Å². The molecule has 1 aliphatic carbocycles. The maximum Gasteiger partial charge on any atom is 0.109 e. The first-order chi connectivity index (χ1) is 8.03. The van der Waals surface area contributed by atoms with Crippen molar-refractivity contribution in [1.82, 2.24) is 0 Å². The van der Waals surface area contributed by atoms with Gasteiger partial charge in [0.05, 0.1) is 0 Å². The summed E-state index contributed by atoms with van der Waals surface area (Å²) in [6, 6.07) is 0. The summed E-state index contributed by atoms with van der Waals surface area (Å²) in [5, 5.41) is 0.761. The summed E-state index contributed by atoms with van der Waals surface area (Å²) in [5.41, 5.74) is 1.54. The molecule has 0 N–H and O–H groups in total. The van der Waals surface area contributed by atoms with Crippen molar-refractivity contribution in [2.24, 2.45) is 4.99 Å². The Labute approximate surface area is 113 Å². The van der Waals surface area contributed by atoms with Crippen LogP contribution in [0.5, 0.6) is 0 Å². The monoisotopic (exact) mass is 271 g/mol. The molecule has 1 rings (SSSR count). The number of aliphatic imine (C=N–C) groups is 1. The number of hydrogen-bond donors (Lipinski definition) is 0. The number of hydrogen-bond acceptors (Lipinski definition) is 2. The maximum atomic E-state index is 4.90. The first-order valence-electron chi connectivity index (χ1n) is 7.24. The van der Waals surface area contributed by atoms with Gasteiger partial charge in [0, 0.05) is 17.5 Å². The summed E-state index contributed by atoms with van der Waals surface area (Å²) in [7, 11) is -1.00. The van der Waals surface area contributed by atoms with E-state index in [0.717, 1.165) is 11.8 Å². The Balaban J connectivity index is 2.47. The molecule has 1 fully saturated rings. The molecule has 0 aromatic heterocycles. The van der Waals surface area contributed by atoms with Gasteiger partial charge in [-0.05, 0) is 25.7 Å². The van der Waals surface area contributed by atoms with Crippen LogP contribution in [0.15, 0.2) is 4.99 Å². The molecule has 1 nitrogen and oxygen atoms in total. The van der Waals surface area contributed by atoms with Gasteiger partial charge in [-0.15, -0.1) is 0 Å². The Kier molecular flexibility index (Phi) is 6.86. The highest BCUT2D eigenvalue weighted by molar-refractivity contribution is 8.29. The van der Waals surface area contributed by atoms with Crippen LogP contribution in [0.25, 0.3) is 0 Å². The van der Waals surface area contributed by atoms with E-state index in [9.17, 15) is 0 Å². The van der Waals surface area contributed by atoms with Crippen LogP contribution in [0.3, 0.4) is 0 Å². The van der Waals surface area contributed by atoms with Crippen molar-refractivity contribution < 1.29 is 0 Å². The molecule has 1 saturated carbocycles. The van der Waals surface area contributed by atoms with Crippen LogP contribution in [0.2, 0.25) is 19.6 Å². The van der Waals surface area contributed by atoms with Gasteiger partial charge in [-0.2, -0.15) is 11.2 Å². The first kappa shape index (κ1) is 15.3. The van der Waals surface area contributed by atoms with E-state index in [1.54, 1.807) is 5.71 Å². The summed E-state index contributed by atoms with van der Waals surface area (Å²) in [6.07, 6.45) is 9.35. The van der Waals surface area contributed by atoms with Gasteiger partial charge in [-0.1, -0.05) is 45.8 Å². The van der Waals surface area contributed by atoms with E-state index >= 15 is 0 Å². The molecule has 17 heavy (non-hydrogen) atoms. The summed E-state index contributed by atoms with van der Waals surface area (Å²) < 4.78 is 0. The molecule has 0 spiro atoms. The molecule has 1 unspecified atom stereocenters. The molecule has 1 atom stereocenters. The third-order valence-corrected chi connectivity index (χ3v) is 7.57. The van der Waals surface area contributed by atoms with Crippen LogP contribution in [-0.4, -0.2) is 24.7 Å². The average molecular weight is 272 g/mol. The first-order valence-corrected chi connectivity index (χ1v) is 12.3. The van der Waals surface area contributed by atoms with Crippen molar-refractivity contribution in [2.45, 2.75) is 76.8 Å². The SMILES string of the molecule is CCCCC/N=C1\CCCCC1S[Si](C)(C)C. The zero-order chi connectivity index (χ0) is 12.7. The van der Waals surface area contributed by atoms with Crippen LogP contribution < -0.4 is 0 Å². The highest BCUT2D eigenvalue weighted by Crippen LogP contribution is 2.33. The molecule has 100 valence electrons. The van der Waals surface area contributed by atoms with Gasteiger partial charge in [0.15, 0.2) is 0 Å². The van der Waals surface area contributed by atoms with Crippen molar-refractivity contribution in [3.05, 3.63) is 0 Å². The van der Waals surface area contributed by atoms with Gasteiger partial charge in [-0.3, -0.25) is 4.99 Å². The van der Waals surface area contributed by atoms with Crippen LogP contribution in [0, 0.1) is 0 Å². The molecule has 0 heterocycles. The molecule has 0 saturated heterocycles. The molecule has 0 aliphatic heterocycles. The van der Waals surface area contributed by atoms with E-state index in [0.29, 0.717) is 0 Å². The third kappa shape index (κ3) is 6.66. The molecular formula is C14H29NSSi. The fourth-order valence-corrected chi connectivity index (χ4v) is 7.07. The van der Waals surface area contributed by atoms with Crippen LogP contribution in [0.1, 0.15) is 51.9 Å². The van der Waals surface area contributed by atoms with Gasteiger partial charge < -0.3 is 0 Å². The van der Waals surface area contributed by atoms with Gasteiger partial charge in [0.25, 0.3) is 0 Å². The smallest absolute Gasteiger partial charge is 0.109 e. The Bertz CT molecular complexity index is 245. The molecular weight excluding hydrogens is 242 g/mol. The minimum absolute atomic E-state index is 0.761. The summed E-state index contributed by atoms with van der Waals surface area (Å²) in [4.78, 5) is 4.90. The second-order valence-corrected chi connectivity index (χ2v) is 15.5. The van der Waals surface area contributed by atoms with Gasteiger partial charge >= 0.3 is 0 Å². The van der Waals surface area contributed by atoms with Crippen molar-refractivity contribution in [1.29, 1.82) is 0 Å². The average Bonchev–Trinajstić information content (AvgIpc) is 2.24. The third-order valence-electron chi connectivity index (χ3n) is 3.09. The lowest BCUT2D eigenvalue weighted by molar-refractivity contribution is 0.665. The molecule has 1 aliphatic rings. The molecule has 3 heteroatoms. The number of unbranched alkanes of at least 4 members (excludes halogenated alkanes) is 2. The molecule has 0 radical (unpaired) electrons. The van der Waals surface area contributed by atoms with Crippen LogP contribution >= 0.6 is 11.2 Å². The van der Waals surface area contributed by atoms with E-state index in [1.807, 2.05) is 0 Å². The predicted molar refractivity (Wildman–Crippen MR) is 85.0 cm³/mol. The largest absolute Gasteiger partial charge is 0.293 e. The van der Waals surface area contributed by atoms with E-state index in [4.69, 9.17) is 4.99 Å². The van der Waals surface area contributed by atoms with Crippen molar-refractivity contribution >= 4 is 24.1 Å². The van der Waals surface area contributed by atoms with E-state index in [2.05, 4.69) is 37.8 Å². The van der Waals surface area contributed by atoms with Gasteiger partial charge in [0.2, 0.25) is 0 Å². The summed E-state index contributed by atoms with van der Waals surface area (Å²) in [6.45, 7) is 10.7. The highest BCUT2D eigenvalue weighted by atomic mass is 32.4. The zero-order valence-corrected chi connectivity index (χ0v) is 13.9. The van der Waals surface area contributed by atoms with E-state index in [1.165, 1.54) is 44.9 Å². The summed E-state index contributed by atoms with van der Waals surface area (Å²) >= 11 is 2.26. The normalized spacial score (nSPS) is 24.2. The van der Waals surface area contributed by atoms with Gasteiger partial charge in [0.1, 0.15) is 7.22 Å².